The number of anilines is 2. The van der Waals surface area contributed by atoms with Gasteiger partial charge in [-0.1, -0.05) is 18.2 Å². The smallest absolute Gasteiger partial charge is 0.135 e. The Morgan fingerprint density at radius 1 is 1.00 bits per heavy atom. The summed E-state index contributed by atoms with van der Waals surface area (Å²) < 4.78 is 0. The minimum atomic E-state index is 0.684. The maximum atomic E-state index is 4.50. The Hall–Kier alpha value is -3.54. The number of nitrogens with zero attached hydrogens (tertiary/aromatic N) is 5. The molecule has 0 bridgehead atoms. The van der Waals surface area contributed by atoms with Gasteiger partial charge in [-0.3, -0.25) is 9.98 Å². The SMILES string of the molecule is CN=C(Nc1ccncn1)c1cccnc1/C=C/c1ccc(N(C)C)cc1. The van der Waals surface area contributed by atoms with E-state index >= 15 is 0 Å². The Labute approximate surface area is 159 Å². The first-order chi connectivity index (χ1) is 13.2. The van der Waals surface area contributed by atoms with Crippen molar-refractivity contribution in [3.05, 3.63) is 78.0 Å². The molecule has 27 heavy (non-hydrogen) atoms. The molecule has 6 nitrogen and oxygen atoms in total. The van der Waals surface area contributed by atoms with Gasteiger partial charge in [0, 0.05) is 44.8 Å². The van der Waals surface area contributed by atoms with E-state index in [-0.39, 0.29) is 0 Å². The van der Waals surface area contributed by atoms with Crippen LogP contribution in [0.1, 0.15) is 16.8 Å². The van der Waals surface area contributed by atoms with E-state index < -0.39 is 0 Å². The second-order valence-electron chi connectivity index (χ2n) is 6.05. The second-order valence-corrected chi connectivity index (χ2v) is 6.05. The third-order valence-corrected chi connectivity index (χ3v) is 3.99. The van der Waals surface area contributed by atoms with E-state index in [0.717, 1.165) is 16.8 Å². The fraction of sp³-hybridized carbons (Fsp3) is 0.143. The minimum absolute atomic E-state index is 0.684. The lowest BCUT2D eigenvalue weighted by Gasteiger charge is -2.12. The summed E-state index contributed by atoms with van der Waals surface area (Å²) in [6, 6.07) is 14.0. The van der Waals surface area contributed by atoms with E-state index in [9.17, 15) is 0 Å². The summed E-state index contributed by atoms with van der Waals surface area (Å²) in [5.74, 6) is 1.38. The summed E-state index contributed by atoms with van der Waals surface area (Å²) in [4.78, 5) is 19.1. The first kappa shape index (κ1) is 18.3. The van der Waals surface area contributed by atoms with Gasteiger partial charge in [-0.05, 0) is 42.0 Å². The predicted octanol–water partition coefficient (Wildman–Crippen LogP) is 3.60. The molecule has 0 atom stereocenters. The molecule has 0 aliphatic rings. The Morgan fingerprint density at radius 2 is 1.81 bits per heavy atom. The Morgan fingerprint density at radius 3 is 2.48 bits per heavy atom. The van der Waals surface area contributed by atoms with Gasteiger partial charge in [-0.25, -0.2) is 9.97 Å². The van der Waals surface area contributed by atoms with Crippen LogP contribution in [0.25, 0.3) is 12.2 Å². The van der Waals surface area contributed by atoms with Crippen LogP contribution in [0.4, 0.5) is 11.5 Å². The molecule has 0 amide bonds. The summed E-state index contributed by atoms with van der Waals surface area (Å²) in [6.07, 6.45) is 8.99. The van der Waals surface area contributed by atoms with Gasteiger partial charge >= 0.3 is 0 Å². The highest BCUT2D eigenvalue weighted by Crippen LogP contribution is 2.16. The highest BCUT2D eigenvalue weighted by Gasteiger charge is 2.09. The number of hydrogen-bond acceptors (Lipinski definition) is 5. The molecular formula is C21H22N6. The van der Waals surface area contributed by atoms with Crippen molar-refractivity contribution < 1.29 is 0 Å². The summed E-state index contributed by atoms with van der Waals surface area (Å²) in [5, 5.41) is 3.22. The zero-order chi connectivity index (χ0) is 19.1. The van der Waals surface area contributed by atoms with Gasteiger partial charge in [-0.2, -0.15) is 0 Å². The molecule has 0 saturated heterocycles. The standard InChI is InChI=1S/C21H22N6/c1-22-21(26-20-12-14-23-15-25-20)18-5-4-13-24-19(18)11-8-16-6-9-17(10-7-16)27(2)3/h4-15H,1-3H3,(H,22,23,25,26)/b11-8+. The molecule has 0 fully saturated rings. The van der Waals surface area contributed by atoms with Gasteiger partial charge in [0.15, 0.2) is 0 Å². The van der Waals surface area contributed by atoms with E-state index in [1.807, 2.05) is 38.4 Å². The first-order valence-corrected chi connectivity index (χ1v) is 8.58. The molecule has 0 radical (unpaired) electrons. The van der Waals surface area contributed by atoms with Crippen LogP contribution < -0.4 is 10.2 Å². The number of amidine groups is 1. The molecule has 0 aliphatic carbocycles. The molecule has 1 aromatic carbocycles. The molecule has 1 N–H and O–H groups in total. The van der Waals surface area contributed by atoms with Gasteiger partial charge in [0.1, 0.15) is 18.0 Å². The first-order valence-electron chi connectivity index (χ1n) is 8.58. The van der Waals surface area contributed by atoms with E-state index in [1.165, 1.54) is 12.0 Å². The topological polar surface area (TPSA) is 66.3 Å². The average molecular weight is 358 g/mol. The molecule has 0 spiro atoms. The van der Waals surface area contributed by atoms with Gasteiger partial charge in [0.25, 0.3) is 0 Å². The van der Waals surface area contributed by atoms with Crippen molar-refractivity contribution in [1.29, 1.82) is 0 Å². The maximum Gasteiger partial charge on any atom is 0.135 e. The Bertz CT molecular complexity index is 930. The number of rotatable bonds is 5. The third-order valence-electron chi connectivity index (χ3n) is 3.99. The highest BCUT2D eigenvalue weighted by molar-refractivity contribution is 6.09. The van der Waals surface area contributed by atoms with Crippen molar-refractivity contribution in [3.63, 3.8) is 0 Å². The van der Waals surface area contributed by atoms with Gasteiger partial charge in [0.05, 0.1) is 5.69 Å². The normalized spacial score (nSPS) is 11.6. The molecule has 0 saturated carbocycles. The highest BCUT2D eigenvalue weighted by atomic mass is 15.1. The van der Waals surface area contributed by atoms with Gasteiger partial charge in [0.2, 0.25) is 0 Å². The number of nitrogens with one attached hydrogen (secondary N) is 1. The number of pyridine rings is 1. The summed E-state index contributed by atoms with van der Waals surface area (Å²) >= 11 is 0. The van der Waals surface area contributed by atoms with Crippen molar-refractivity contribution in [2.75, 3.05) is 31.4 Å². The van der Waals surface area contributed by atoms with Crippen LogP contribution in [-0.2, 0) is 0 Å². The van der Waals surface area contributed by atoms with Crippen LogP contribution >= 0.6 is 0 Å². The fourth-order valence-corrected chi connectivity index (χ4v) is 2.54. The van der Waals surface area contributed by atoms with Crippen molar-refractivity contribution in [1.82, 2.24) is 15.0 Å². The number of aromatic nitrogens is 3. The molecule has 0 aliphatic heterocycles. The zero-order valence-electron chi connectivity index (χ0n) is 15.7. The molecule has 3 aromatic rings. The molecule has 3 rings (SSSR count). The van der Waals surface area contributed by atoms with E-state index in [4.69, 9.17) is 0 Å². The predicted molar refractivity (Wildman–Crippen MR) is 112 cm³/mol. The van der Waals surface area contributed by atoms with E-state index in [0.29, 0.717) is 11.7 Å². The fourth-order valence-electron chi connectivity index (χ4n) is 2.54. The van der Waals surface area contributed by atoms with Crippen molar-refractivity contribution in [2.45, 2.75) is 0 Å². The van der Waals surface area contributed by atoms with Gasteiger partial charge < -0.3 is 10.2 Å². The molecule has 0 unspecified atom stereocenters. The third kappa shape index (κ3) is 4.76. The maximum absolute atomic E-state index is 4.50. The molecule has 6 heteroatoms. The van der Waals surface area contributed by atoms with Crippen LogP contribution in [0.5, 0.6) is 0 Å². The zero-order valence-corrected chi connectivity index (χ0v) is 15.7. The second kappa shape index (κ2) is 8.71. The van der Waals surface area contributed by atoms with Gasteiger partial charge in [-0.15, -0.1) is 0 Å². The summed E-state index contributed by atoms with van der Waals surface area (Å²) in [6.45, 7) is 0. The monoisotopic (exact) mass is 358 g/mol. The van der Waals surface area contributed by atoms with Crippen LogP contribution in [0, 0.1) is 0 Å². The molecule has 2 aromatic heterocycles. The Balaban J connectivity index is 1.84. The minimum Gasteiger partial charge on any atom is -0.378 e. The lowest BCUT2D eigenvalue weighted by Crippen LogP contribution is -2.16. The van der Waals surface area contributed by atoms with Crippen LogP contribution in [0.3, 0.4) is 0 Å². The summed E-state index contributed by atoms with van der Waals surface area (Å²) in [7, 11) is 5.80. The lowest BCUT2D eigenvalue weighted by molar-refractivity contribution is 1.13. The van der Waals surface area contributed by atoms with E-state index in [1.54, 1.807) is 25.5 Å². The van der Waals surface area contributed by atoms with Crippen LogP contribution in [0.15, 0.2) is 66.2 Å². The van der Waals surface area contributed by atoms with E-state index in [2.05, 4.69) is 54.4 Å². The summed E-state index contributed by atoms with van der Waals surface area (Å²) in [5.41, 5.74) is 4.01. The van der Waals surface area contributed by atoms with Crippen molar-refractivity contribution >= 4 is 29.5 Å². The van der Waals surface area contributed by atoms with Crippen LogP contribution in [-0.4, -0.2) is 41.9 Å². The quantitative estimate of drug-likeness (QED) is 0.558. The van der Waals surface area contributed by atoms with Crippen LogP contribution in [0.2, 0.25) is 0 Å². The molecular weight excluding hydrogens is 336 g/mol. The van der Waals surface area contributed by atoms with Crippen molar-refractivity contribution in [3.8, 4) is 0 Å². The number of hydrogen-bond donors (Lipinski definition) is 1. The number of aliphatic imine (C=N–C) groups is 1. The number of benzene rings is 1. The largest absolute Gasteiger partial charge is 0.378 e. The molecule has 136 valence electrons. The average Bonchev–Trinajstić information content (AvgIpc) is 2.72. The van der Waals surface area contributed by atoms with Crippen molar-refractivity contribution in [2.24, 2.45) is 4.99 Å². The Kier molecular flexibility index (Phi) is 5.89. The lowest BCUT2D eigenvalue weighted by atomic mass is 10.1. The molecule has 2 heterocycles.